The van der Waals surface area contributed by atoms with Gasteiger partial charge >= 0.3 is 0 Å². The lowest BCUT2D eigenvalue weighted by molar-refractivity contribution is -0.123. The summed E-state index contributed by atoms with van der Waals surface area (Å²) in [7, 11) is 0. The first-order valence-electron chi connectivity index (χ1n) is 7.36. The van der Waals surface area contributed by atoms with Crippen LogP contribution in [0.2, 0.25) is 10.0 Å². The number of aromatic nitrogens is 1. The number of hydrogen-bond acceptors (Lipinski definition) is 4. The summed E-state index contributed by atoms with van der Waals surface area (Å²) in [5, 5.41) is 5.76. The number of rotatable bonds is 5. The summed E-state index contributed by atoms with van der Waals surface area (Å²) in [6, 6.07) is 14.3. The van der Waals surface area contributed by atoms with Crippen LogP contribution >= 0.6 is 23.2 Å². The molecule has 0 atom stereocenters. The predicted molar refractivity (Wildman–Crippen MR) is 99.4 cm³/mol. The molecule has 2 aromatic carbocycles. The van der Waals surface area contributed by atoms with Gasteiger partial charge in [0.2, 0.25) is 0 Å². The highest BCUT2D eigenvalue weighted by atomic mass is 35.5. The maximum atomic E-state index is 11.8. The third-order valence-corrected chi connectivity index (χ3v) is 3.81. The molecule has 5 nitrogen and oxygen atoms in total. The molecular formula is C18H13Cl2N3O2. The third kappa shape index (κ3) is 4.68. The van der Waals surface area contributed by atoms with Gasteiger partial charge in [-0.15, -0.1) is 0 Å². The molecule has 1 N–H and O–H groups in total. The highest BCUT2D eigenvalue weighted by Crippen LogP contribution is 2.27. The van der Waals surface area contributed by atoms with E-state index in [0.717, 1.165) is 16.5 Å². The lowest BCUT2D eigenvalue weighted by Gasteiger charge is -2.07. The number of hydrazone groups is 1. The number of amides is 1. The standard InChI is InChI=1S/C18H13Cl2N3O2/c19-14-4-6-17(15(20)9-14)25-11-18(24)23-22-10-12-3-5-16-13(8-12)2-1-7-21-16/h1-10H,11H2,(H,23,24)/b22-10+. The van der Waals surface area contributed by atoms with Crippen molar-refractivity contribution < 1.29 is 9.53 Å². The number of nitrogens with zero attached hydrogens (tertiary/aromatic N) is 2. The van der Waals surface area contributed by atoms with Gasteiger partial charge < -0.3 is 4.74 Å². The number of benzene rings is 2. The Morgan fingerprint density at radius 1 is 1.20 bits per heavy atom. The van der Waals surface area contributed by atoms with Crippen LogP contribution in [0, 0.1) is 0 Å². The fourth-order valence-electron chi connectivity index (χ4n) is 2.12. The summed E-state index contributed by atoms with van der Waals surface area (Å²) < 4.78 is 5.33. The minimum absolute atomic E-state index is 0.208. The van der Waals surface area contributed by atoms with E-state index in [1.807, 2.05) is 30.3 Å². The van der Waals surface area contributed by atoms with Crippen LogP contribution in [0.4, 0.5) is 0 Å². The largest absolute Gasteiger partial charge is 0.482 e. The van der Waals surface area contributed by atoms with Crippen molar-refractivity contribution in [2.45, 2.75) is 0 Å². The molecule has 0 fully saturated rings. The van der Waals surface area contributed by atoms with Crippen LogP contribution in [-0.4, -0.2) is 23.7 Å². The first-order chi connectivity index (χ1) is 12.1. The number of nitrogens with one attached hydrogen (secondary N) is 1. The molecule has 0 aliphatic carbocycles. The zero-order valence-corrected chi connectivity index (χ0v) is 14.5. The zero-order valence-electron chi connectivity index (χ0n) is 12.9. The van der Waals surface area contributed by atoms with Gasteiger partial charge in [-0.05, 0) is 42.0 Å². The van der Waals surface area contributed by atoms with Crippen molar-refractivity contribution in [2.75, 3.05) is 6.61 Å². The van der Waals surface area contributed by atoms with E-state index in [2.05, 4.69) is 15.5 Å². The van der Waals surface area contributed by atoms with Gasteiger partial charge in [0.25, 0.3) is 5.91 Å². The highest BCUT2D eigenvalue weighted by Gasteiger charge is 2.05. The predicted octanol–water partition coefficient (Wildman–Crippen LogP) is 4.07. The van der Waals surface area contributed by atoms with Crippen LogP contribution in [0.3, 0.4) is 0 Å². The molecular weight excluding hydrogens is 361 g/mol. The SMILES string of the molecule is O=C(COc1ccc(Cl)cc1Cl)N/N=C/c1ccc2ncccc2c1. The summed E-state index contributed by atoms with van der Waals surface area (Å²) in [6.45, 7) is -0.208. The van der Waals surface area contributed by atoms with E-state index in [9.17, 15) is 4.79 Å². The molecule has 1 heterocycles. The molecule has 0 saturated heterocycles. The molecule has 0 radical (unpaired) electrons. The summed E-state index contributed by atoms with van der Waals surface area (Å²) in [4.78, 5) is 16.0. The molecule has 0 bridgehead atoms. The second-order valence-electron chi connectivity index (χ2n) is 5.11. The first kappa shape index (κ1) is 17.2. The molecule has 0 saturated carbocycles. The molecule has 0 unspecified atom stereocenters. The van der Waals surface area contributed by atoms with Crippen molar-refractivity contribution in [1.82, 2.24) is 10.4 Å². The molecule has 3 aromatic rings. The van der Waals surface area contributed by atoms with Crippen molar-refractivity contribution in [2.24, 2.45) is 5.10 Å². The van der Waals surface area contributed by atoms with Crippen LogP contribution in [-0.2, 0) is 4.79 Å². The Morgan fingerprint density at radius 3 is 2.92 bits per heavy atom. The van der Waals surface area contributed by atoms with Crippen molar-refractivity contribution in [1.29, 1.82) is 0 Å². The molecule has 3 rings (SSSR count). The number of fused-ring (bicyclic) bond motifs is 1. The van der Waals surface area contributed by atoms with Crippen LogP contribution < -0.4 is 10.2 Å². The maximum absolute atomic E-state index is 11.8. The number of pyridine rings is 1. The number of halogens is 2. The summed E-state index contributed by atoms with van der Waals surface area (Å²) in [5.74, 6) is -0.0167. The monoisotopic (exact) mass is 373 g/mol. The fraction of sp³-hybridized carbons (Fsp3) is 0.0556. The number of ether oxygens (including phenoxy) is 1. The van der Waals surface area contributed by atoms with E-state index in [1.54, 1.807) is 30.6 Å². The minimum atomic E-state index is -0.398. The van der Waals surface area contributed by atoms with Crippen LogP contribution in [0.1, 0.15) is 5.56 Å². The van der Waals surface area contributed by atoms with Crippen LogP contribution in [0.25, 0.3) is 10.9 Å². The normalized spacial score (nSPS) is 11.0. The molecule has 1 aromatic heterocycles. The topological polar surface area (TPSA) is 63.6 Å². The molecule has 0 spiro atoms. The highest BCUT2D eigenvalue weighted by molar-refractivity contribution is 6.35. The minimum Gasteiger partial charge on any atom is -0.482 e. The van der Waals surface area contributed by atoms with Gasteiger partial charge in [0.15, 0.2) is 6.61 Å². The van der Waals surface area contributed by atoms with E-state index in [0.29, 0.717) is 15.8 Å². The van der Waals surface area contributed by atoms with Gasteiger partial charge in [-0.2, -0.15) is 5.10 Å². The Kier molecular flexibility index (Phi) is 5.48. The van der Waals surface area contributed by atoms with Crippen molar-refractivity contribution in [3.8, 4) is 5.75 Å². The maximum Gasteiger partial charge on any atom is 0.277 e. The van der Waals surface area contributed by atoms with Gasteiger partial charge in [-0.25, -0.2) is 5.43 Å². The van der Waals surface area contributed by atoms with Gasteiger partial charge in [0, 0.05) is 16.6 Å². The number of carbonyl (C=O) groups excluding carboxylic acids is 1. The Labute approximate surface area is 154 Å². The number of carbonyl (C=O) groups is 1. The van der Waals surface area contributed by atoms with Crippen molar-refractivity contribution in [3.63, 3.8) is 0 Å². The second kappa shape index (κ2) is 7.96. The zero-order chi connectivity index (χ0) is 17.6. The van der Waals surface area contributed by atoms with Gasteiger partial charge in [0.05, 0.1) is 16.8 Å². The third-order valence-electron chi connectivity index (χ3n) is 3.28. The van der Waals surface area contributed by atoms with E-state index in [4.69, 9.17) is 27.9 Å². The summed E-state index contributed by atoms with van der Waals surface area (Å²) in [6.07, 6.45) is 3.29. The smallest absolute Gasteiger partial charge is 0.277 e. The van der Waals surface area contributed by atoms with E-state index < -0.39 is 5.91 Å². The lowest BCUT2D eigenvalue weighted by Crippen LogP contribution is -2.24. The Hall–Kier alpha value is -2.63. The average molecular weight is 374 g/mol. The van der Waals surface area contributed by atoms with Gasteiger partial charge in [-0.1, -0.05) is 35.3 Å². The fourth-order valence-corrected chi connectivity index (χ4v) is 2.58. The second-order valence-corrected chi connectivity index (χ2v) is 5.96. The van der Waals surface area contributed by atoms with E-state index in [-0.39, 0.29) is 6.61 Å². The van der Waals surface area contributed by atoms with E-state index >= 15 is 0 Å². The van der Waals surface area contributed by atoms with Gasteiger partial charge in [-0.3, -0.25) is 9.78 Å². The first-order valence-corrected chi connectivity index (χ1v) is 8.12. The quantitative estimate of drug-likeness (QED) is 0.541. The van der Waals surface area contributed by atoms with Crippen molar-refractivity contribution in [3.05, 3.63) is 70.3 Å². The van der Waals surface area contributed by atoms with Crippen molar-refractivity contribution >= 4 is 46.2 Å². The summed E-state index contributed by atoms with van der Waals surface area (Å²) in [5.41, 5.74) is 4.15. The molecule has 7 heteroatoms. The van der Waals surface area contributed by atoms with Crippen LogP contribution in [0.15, 0.2) is 59.8 Å². The molecule has 1 amide bonds. The van der Waals surface area contributed by atoms with Gasteiger partial charge in [0.1, 0.15) is 5.75 Å². The lowest BCUT2D eigenvalue weighted by atomic mass is 10.1. The molecule has 25 heavy (non-hydrogen) atoms. The average Bonchev–Trinajstić information content (AvgIpc) is 2.61. The molecule has 0 aliphatic rings. The Balaban J connectivity index is 1.54. The van der Waals surface area contributed by atoms with Crippen LogP contribution in [0.5, 0.6) is 5.75 Å². The van der Waals surface area contributed by atoms with E-state index in [1.165, 1.54) is 0 Å². The molecule has 126 valence electrons. The summed E-state index contributed by atoms with van der Waals surface area (Å²) >= 11 is 11.8. The Bertz CT molecular complexity index is 945. The Morgan fingerprint density at radius 2 is 2.08 bits per heavy atom. The number of hydrogen-bond donors (Lipinski definition) is 1. The molecule has 0 aliphatic heterocycles.